The van der Waals surface area contributed by atoms with Crippen LogP contribution < -0.4 is 14.8 Å². The Hall–Kier alpha value is -2.79. The number of amides is 1. The molecular formula is C16H21N3O7S. The lowest BCUT2D eigenvalue weighted by Gasteiger charge is -2.17. The number of β-amino-alcohol motifs (C(OH)–C–C–N with tert-alkyl or cyclic N) is 1. The van der Waals surface area contributed by atoms with Crippen molar-refractivity contribution in [2.45, 2.75) is 0 Å². The zero-order chi connectivity index (χ0) is 20.2. The number of aliphatic hydroxyl groups is 1. The van der Waals surface area contributed by atoms with Gasteiger partial charge in [0.2, 0.25) is 10.0 Å². The lowest BCUT2D eigenvalue weighted by atomic mass is 10.2. The van der Waals surface area contributed by atoms with Crippen LogP contribution in [-0.4, -0.2) is 70.5 Å². The van der Waals surface area contributed by atoms with Crippen molar-refractivity contribution in [3.8, 4) is 5.75 Å². The van der Waals surface area contributed by atoms with Gasteiger partial charge in [0.25, 0.3) is 5.91 Å². The Balaban J connectivity index is 2.47. The zero-order valence-corrected chi connectivity index (χ0v) is 15.9. The smallest absolute Gasteiger partial charge is 0.337 e. The number of aliphatic hydroxyl groups excluding tert-OH is 1. The predicted molar refractivity (Wildman–Crippen MR) is 97.8 cm³/mol. The second kappa shape index (κ2) is 8.27. The molecule has 0 unspecified atom stereocenters. The first-order chi connectivity index (χ1) is 12.7. The molecule has 1 amide bonds. The van der Waals surface area contributed by atoms with Gasteiger partial charge in [-0.1, -0.05) is 0 Å². The minimum Gasteiger partial charge on any atom is -0.497 e. The van der Waals surface area contributed by atoms with E-state index in [4.69, 9.17) is 14.6 Å². The molecule has 0 fully saturated rings. The molecule has 2 rings (SSSR count). The molecule has 148 valence electrons. The van der Waals surface area contributed by atoms with Crippen molar-refractivity contribution >= 4 is 33.3 Å². The zero-order valence-electron chi connectivity index (χ0n) is 15.1. The van der Waals surface area contributed by atoms with Crippen LogP contribution in [0.4, 0.5) is 11.4 Å². The fraction of sp³-hybridized carbons (Fsp3) is 0.375. The highest BCUT2D eigenvalue weighted by Crippen LogP contribution is 2.31. The van der Waals surface area contributed by atoms with Crippen LogP contribution in [0.1, 0.15) is 0 Å². The van der Waals surface area contributed by atoms with Gasteiger partial charge in [0, 0.05) is 12.6 Å². The summed E-state index contributed by atoms with van der Waals surface area (Å²) in [6, 6.07) is 4.49. The van der Waals surface area contributed by atoms with Gasteiger partial charge in [0.15, 0.2) is 0 Å². The van der Waals surface area contributed by atoms with Crippen LogP contribution in [0, 0.1) is 0 Å². The molecule has 0 bridgehead atoms. The topological polar surface area (TPSA) is 134 Å². The third kappa shape index (κ3) is 4.89. The van der Waals surface area contributed by atoms with Gasteiger partial charge in [-0.3, -0.25) is 9.52 Å². The van der Waals surface area contributed by atoms with E-state index in [0.29, 0.717) is 5.75 Å². The van der Waals surface area contributed by atoms with Gasteiger partial charge < -0.3 is 24.8 Å². The predicted octanol–water partition coefficient (Wildman–Crippen LogP) is -0.260. The van der Waals surface area contributed by atoms with E-state index in [-0.39, 0.29) is 42.3 Å². The van der Waals surface area contributed by atoms with Gasteiger partial charge in [0.1, 0.15) is 11.4 Å². The number of rotatable bonds is 8. The van der Waals surface area contributed by atoms with Crippen LogP contribution in [0.5, 0.6) is 5.75 Å². The van der Waals surface area contributed by atoms with E-state index >= 15 is 0 Å². The highest BCUT2D eigenvalue weighted by molar-refractivity contribution is 7.92. The molecule has 1 aromatic carbocycles. The van der Waals surface area contributed by atoms with Crippen molar-refractivity contribution in [2.75, 3.05) is 50.2 Å². The molecule has 0 saturated heterocycles. The summed E-state index contributed by atoms with van der Waals surface area (Å²) in [5, 5.41) is 11.9. The van der Waals surface area contributed by atoms with Crippen molar-refractivity contribution in [3.63, 3.8) is 0 Å². The number of carbonyl (C=O) groups excluding carboxylic acids is 2. The van der Waals surface area contributed by atoms with Crippen molar-refractivity contribution in [3.05, 3.63) is 29.5 Å². The average molecular weight is 399 g/mol. The third-order valence-corrected chi connectivity index (χ3v) is 4.33. The second-order valence-electron chi connectivity index (χ2n) is 5.71. The molecule has 0 atom stereocenters. The van der Waals surface area contributed by atoms with Crippen LogP contribution >= 0.6 is 0 Å². The van der Waals surface area contributed by atoms with Gasteiger partial charge in [-0.15, -0.1) is 0 Å². The maximum absolute atomic E-state index is 12.6. The highest BCUT2D eigenvalue weighted by Gasteiger charge is 2.34. The molecule has 1 heterocycles. The molecule has 11 heteroatoms. The summed E-state index contributed by atoms with van der Waals surface area (Å²) in [7, 11) is -0.962. The molecule has 0 radical (unpaired) electrons. The summed E-state index contributed by atoms with van der Waals surface area (Å²) >= 11 is 0. The molecule has 0 spiro atoms. The van der Waals surface area contributed by atoms with E-state index < -0.39 is 21.9 Å². The molecule has 1 aliphatic rings. The average Bonchev–Trinajstić information content (AvgIpc) is 2.91. The van der Waals surface area contributed by atoms with Crippen molar-refractivity contribution < 1.29 is 32.6 Å². The number of nitrogens with one attached hydrogen (secondary N) is 2. The highest BCUT2D eigenvalue weighted by atomic mass is 32.2. The van der Waals surface area contributed by atoms with Crippen LogP contribution in [0.2, 0.25) is 0 Å². The standard InChI is InChI=1S/C16H21N3O7S/c1-25-10-4-5-12(18-27(3,23)24)13(8-10)17-14-11(16(22)26-2)9-19(6-7-20)15(14)21/h4-5,8,17-18,20H,6-7,9H2,1-3H3. The number of esters is 1. The fourth-order valence-corrected chi connectivity index (χ4v) is 3.10. The summed E-state index contributed by atoms with van der Waals surface area (Å²) < 4.78 is 35.4. The van der Waals surface area contributed by atoms with Gasteiger partial charge in [-0.05, 0) is 12.1 Å². The van der Waals surface area contributed by atoms with Crippen molar-refractivity contribution in [1.82, 2.24) is 4.90 Å². The minimum absolute atomic E-state index is 0.0345. The summed E-state index contributed by atoms with van der Waals surface area (Å²) in [5.74, 6) is -0.807. The molecule has 27 heavy (non-hydrogen) atoms. The Labute approximate surface area is 156 Å². The number of hydrogen-bond donors (Lipinski definition) is 3. The maximum atomic E-state index is 12.6. The number of anilines is 2. The van der Waals surface area contributed by atoms with Gasteiger partial charge in [-0.2, -0.15) is 0 Å². The van der Waals surface area contributed by atoms with Crippen molar-refractivity contribution in [1.29, 1.82) is 0 Å². The van der Waals surface area contributed by atoms with Crippen LogP contribution in [-0.2, 0) is 24.3 Å². The lowest BCUT2D eigenvalue weighted by molar-refractivity contribution is -0.136. The third-order valence-electron chi connectivity index (χ3n) is 3.74. The number of carbonyl (C=O) groups is 2. The van der Waals surface area contributed by atoms with E-state index in [9.17, 15) is 18.0 Å². The normalized spacial score (nSPS) is 14.4. The Morgan fingerprint density at radius 3 is 2.56 bits per heavy atom. The first-order valence-corrected chi connectivity index (χ1v) is 9.73. The van der Waals surface area contributed by atoms with Crippen LogP contribution in [0.3, 0.4) is 0 Å². The van der Waals surface area contributed by atoms with Crippen molar-refractivity contribution in [2.24, 2.45) is 0 Å². The van der Waals surface area contributed by atoms with Gasteiger partial charge >= 0.3 is 5.97 Å². The van der Waals surface area contributed by atoms with Gasteiger partial charge in [-0.25, -0.2) is 13.2 Å². The first kappa shape index (κ1) is 20.5. The number of ether oxygens (including phenoxy) is 2. The largest absolute Gasteiger partial charge is 0.497 e. The molecule has 0 aromatic heterocycles. The Morgan fingerprint density at radius 1 is 1.30 bits per heavy atom. The van der Waals surface area contributed by atoms with E-state index in [1.54, 1.807) is 6.07 Å². The Morgan fingerprint density at radius 2 is 2.00 bits per heavy atom. The maximum Gasteiger partial charge on any atom is 0.337 e. The summed E-state index contributed by atoms with van der Waals surface area (Å²) in [5.41, 5.74) is 0.406. The Bertz CT molecular complexity index is 880. The van der Waals surface area contributed by atoms with Gasteiger partial charge in [0.05, 0.1) is 50.6 Å². The number of methoxy groups -OCH3 is 2. The summed E-state index contributed by atoms with van der Waals surface area (Å²) in [6.45, 7) is -0.266. The second-order valence-corrected chi connectivity index (χ2v) is 7.45. The lowest BCUT2D eigenvalue weighted by Crippen LogP contribution is -2.31. The van der Waals surface area contributed by atoms with E-state index in [2.05, 4.69) is 10.0 Å². The number of nitrogens with zero attached hydrogens (tertiary/aromatic N) is 1. The number of benzene rings is 1. The quantitative estimate of drug-likeness (QED) is 0.509. The molecule has 1 aliphatic heterocycles. The Kier molecular flexibility index (Phi) is 6.28. The van der Waals surface area contributed by atoms with E-state index in [0.717, 1.165) is 6.26 Å². The number of hydrogen-bond acceptors (Lipinski definition) is 8. The number of sulfonamides is 1. The molecule has 3 N–H and O–H groups in total. The molecule has 10 nitrogen and oxygen atoms in total. The van der Waals surface area contributed by atoms with Crippen LogP contribution in [0.25, 0.3) is 0 Å². The van der Waals surface area contributed by atoms with Crippen LogP contribution in [0.15, 0.2) is 29.5 Å². The van der Waals surface area contributed by atoms with E-state index in [1.165, 1.54) is 31.3 Å². The summed E-state index contributed by atoms with van der Waals surface area (Å²) in [4.78, 5) is 25.9. The van der Waals surface area contributed by atoms with E-state index in [1.807, 2.05) is 0 Å². The molecule has 0 saturated carbocycles. The molecule has 1 aromatic rings. The SMILES string of the molecule is COC(=O)C1=C(Nc2cc(OC)ccc2NS(C)(=O)=O)C(=O)N(CCO)C1. The first-order valence-electron chi connectivity index (χ1n) is 7.84. The minimum atomic E-state index is -3.59. The molecular weight excluding hydrogens is 378 g/mol. The summed E-state index contributed by atoms with van der Waals surface area (Å²) in [6.07, 6.45) is 0.990. The fourth-order valence-electron chi connectivity index (χ4n) is 2.53. The molecule has 0 aliphatic carbocycles. The monoisotopic (exact) mass is 399 g/mol.